The van der Waals surface area contributed by atoms with Crippen LogP contribution < -0.4 is 5.32 Å². The summed E-state index contributed by atoms with van der Waals surface area (Å²) in [4.78, 5) is 0. The van der Waals surface area contributed by atoms with Crippen LogP contribution in [0.2, 0.25) is 0 Å². The molecular weight excluding hydrogens is 228 g/mol. The maximum absolute atomic E-state index is 4.24. The van der Waals surface area contributed by atoms with Gasteiger partial charge in [0.25, 0.3) is 0 Å². The molecule has 6 nitrogen and oxygen atoms in total. The zero-order valence-corrected chi connectivity index (χ0v) is 11.0. The number of hydrogen-bond acceptors (Lipinski definition) is 4. The Labute approximate surface area is 107 Å². The normalized spacial score (nSPS) is 11.0. The van der Waals surface area contributed by atoms with Crippen molar-refractivity contribution in [3.05, 3.63) is 29.8 Å². The van der Waals surface area contributed by atoms with E-state index >= 15 is 0 Å². The van der Waals surface area contributed by atoms with Crippen LogP contribution in [0.4, 0.5) is 0 Å². The van der Waals surface area contributed by atoms with Gasteiger partial charge in [-0.15, -0.1) is 5.10 Å². The molecule has 0 bridgehead atoms. The average molecular weight is 248 g/mol. The molecule has 0 spiro atoms. The lowest BCUT2D eigenvalue weighted by molar-refractivity contribution is 0.483. The third-order valence-electron chi connectivity index (χ3n) is 2.79. The molecule has 0 saturated carbocycles. The molecule has 0 aliphatic carbocycles. The molecular formula is C12H20N6. The van der Waals surface area contributed by atoms with Crippen LogP contribution in [0.15, 0.2) is 18.5 Å². The Kier molecular flexibility index (Phi) is 4.46. The minimum absolute atomic E-state index is 0.786. The molecule has 2 aromatic rings. The molecule has 98 valence electrons. The molecule has 0 saturated heterocycles. The highest BCUT2D eigenvalue weighted by Crippen LogP contribution is 1.98. The smallest absolute Gasteiger partial charge is 0.0964 e. The minimum atomic E-state index is 0.786. The summed E-state index contributed by atoms with van der Waals surface area (Å²) in [6, 6.07) is 2.00. The summed E-state index contributed by atoms with van der Waals surface area (Å²) >= 11 is 0. The van der Waals surface area contributed by atoms with Gasteiger partial charge in [0.2, 0.25) is 0 Å². The van der Waals surface area contributed by atoms with E-state index < -0.39 is 0 Å². The van der Waals surface area contributed by atoms with E-state index in [4.69, 9.17) is 0 Å². The van der Waals surface area contributed by atoms with Gasteiger partial charge in [-0.05, 0) is 26.0 Å². The number of nitrogens with one attached hydrogen (secondary N) is 1. The van der Waals surface area contributed by atoms with E-state index in [1.807, 2.05) is 27.8 Å². The Hall–Kier alpha value is -1.69. The van der Waals surface area contributed by atoms with Crippen LogP contribution in [0.3, 0.4) is 0 Å². The van der Waals surface area contributed by atoms with Crippen molar-refractivity contribution in [3.8, 4) is 0 Å². The van der Waals surface area contributed by atoms with Gasteiger partial charge in [-0.1, -0.05) is 12.1 Å². The second kappa shape index (κ2) is 6.30. The first-order valence-electron chi connectivity index (χ1n) is 6.37. The van der Waals surface area contributed by atoms with E-state index in [1.165, 1.54) is 5.69 Å². The van der Waals surface area contributed by atoms with Crippen LogP contribution in [0, 0.1) is 6.92 Å². The molecule has 2 aromatic heterocycles. The predicted octanol–water partition coefficient (Wildman–Crippen LogP) is 0.983. The maximum Gasteiger partial charge on any atom is 0.0964 e. The summed E-state index contributed by atoms with van der Waals surface area (Å²) in [6.07, 6.45) is 4.94. The van der Waals surface area contributed by atoms with Crippen LogP contribution in [0.1, 0.15) is 24.7 Å². The second-order valence-corrected chi connectivity index (χ2v) is 4.35. The van der Waals surface area contributed by atoms with Crippen molar-refractivity contribution in [2.75, 3.05) is 6.54 Å². The van der Waals surface area contributed by atoms with Crippen molar-refractivity contribution >= 4 is 0 Å². The Morgan fingerprint density at radius 3 is 2.94 bits per heavy atom. The van der Waals surface area contributed by atoms with E-state index in [0.29, 0.717) is 0 Å². The number of nitrogens with zero attached hydrogens (tertiary/aromatic N) is 5. The highest BCUT2D eigenvalue weighted by molar-refractivity contribution is 4.96. The fraction of sp³-hybridized carbons (Fsp3) is 0.583. The van der Waals surface area contributed by atoms with E-state index in [9.17, 15) is 0 Å². The molecule has 0 fully saturated rings. The summed E-state index contributed by atoms with van der Waals surface area (Å²) < 4.78 is 3.83. The van der Waals surface area contributed by atoms with Crippen molar-refractivity contribution in [3.63, 3.8) is 0 Å². The highest BCUT2D eigenvalue weighted by atomic mass is 15.4. The fourth-order valence-electron chi connectivity index (χ4n) is 1.75. The molecule has 0 atom stereocenters. The summed E-state index contributed by atoms with van der Waals surface area (Å²) in [5, 5.41) is 15.8. The fourth-order valence-corrected chi connectivity index (χ4v) is 1.75. The molecule has 2 heterocycles. The molecule has 0 amide bonds. The van der Waals surface area contributed by atoms with Gasteiger partial charge in [0.05, 0.1) is 18.8 Å². The van der Waals surface area contributed by atoms with Gasteiger partial charge < -0.3 is 5.32 Å². The number of aromatic nitrogens is 5. The van der Waals surface area contributed by atoms with Gasteiger partial charge >= 0.3 is 0 Å². The van der Waals surface area contributed by atoms with Gasteiger partial charge in [0, 0.05) is 24.6 Å². The van der Waals surface area contributed by atoms with Crippen LogP contribution in [0.5, 0.6) is 0 Å². The van der Waals surface area contributed by atoms with Gasteiger partial charge in [0.15, 0.2) is 0 Å². The van der Waals surface area contributed by atoms with E-state index in [1.54, 1.807) is 0 Å². The molecule has 0 aromatic carbocycles. The maximum atomic E-state index is 4.24. The molecule has 0 aliphatic heterocycles. The molecule has 2 rings (SSSR count). The van der Waals surface area contributed by atoms with Crippen molar-refractivity contribution in [1.82, 2.24) is 30.1 Å². The standard InChI is InChI=1S/C12H20N6/c1-3-5-13-9-12-10-17(16-15-12)7-8-18-11(2)4-6-14-18/h4,6,10,13H,3,5,7-9H2,1-2H3. The van der Waals surface area contributed by atoms with Crippen molar-refractivity contribution in [2.45, 2.75) is 39.9 Å². The first-order chi connectivity index (χ1) is 8.79. The first-order valence-corrected chi connectivity index (χ1v) is 6.37. The van der Waals surface area contributed by atoms with Crippen molar-refractivity contribution < 1.29 is 0 Å². The Balaban J connectivity index is 1.81. The molecule has 18 heavy (non-hydrogen) atoms. The highest BCUT2D eigenvalue weighted by Gasteiger charge is 2.01. The number of rotatable bonds is 7. The Morgan fingerprint density at radius 2 is 2.22 bits per heavy atom. The van der Waals surface area contributed by atoms with Crippen LogP contribution in [0.25, 0.3) is 0 Å². The first kappa shape index (κ1) is 12.8. The number of hydrogen-bond donors (Lipinski definition) is 1. The molecule has 6 heteroatoms. The average Bonchev–Trinajstić information content (AvgIpc) is 2.96. The van der Waals surface area contributed by atoms with Crippen molar-refractivity contribution in [1.29, 1.82) is 0 Å². The van der Waals surface area contributed by atoms with Gasteiger partial charge in [-0.2, -0.15) is 5.10 Å². The van der Waals surface area contributed by atoms with Gasteiger partial charge in [-0.25, -0.2) is 0 Å². The lowest BCUT2D eigenvalue weighted by Crippen LogP contribution is -2.14. The third-order valence-corrected chi connectivity index (χ3v) is 2.79. The summed E-state index contributed by atoms with van der Waals surface area (Å²) in [6.45, 7) is 7.62. The van der Waals surface area contributed by atoms with Gasteiger partial charge in [0.1, 0.15) is 0 Å². The van der Waals surface area contributed by atoms with Gasteiger partial charge in [-0.3, -0.25) is 9.36 Å². The monoisotopic (exact) mass is 248 g/mol. The van der Waals surface area contributed by atoms with E-state index in [2.05, 4.69) is 34.6 Å². The van der Waals surface area contributed by atoms with Crippen LogP contribution >= 0.6 is 0 Å². The lowest BCUT2D eigenvalue weighted by atomic mass is 10.4. The Bertz CT molecular complexity index is 472. The third kappa shape index (κ3) is 3.40. The predicted molar refractivity (Wildman–Crippen MR) is 69.0 cm³/mol. The largest absolute Gasteiger partial charge is 0.311 e. The zero-order chi connectivity index (χ0) is 12.8. The number of aryl methyl sites for hydroxylation is 3. The quantitative estimate of drug-likeness (QED) is 0.742. The summed E-state index contributed by atoms with van der Waals surface area (Å²) in [7, 11) is 0. The van der Waals surface area contributed by atoms with Crippen molar-refractivity contribution in [2.24, 2.45) is 0 Å². The summed E-state index contributed by atoms with van der Waals surface area (Å²) in [5.74, 6) is 0. The minimum Gasteiger partial charge on any atom is -0.311 e. The summed E-state index contributed by atoms with van der Waals surface area (Å²) in [5.41, 5.74) is 2.15. The lowest BCUT2D eigenvalue weighted by Gasteiger charge is -2.03. The molecule has 0 unspecified atom stereocenters. The van der Waals surface area contributed by atoms with Crippen LogP contribution in [-0.4, -0.2) is 31.3 Å². The van der Waals surface area contributed by atoms with Crippen LogP contribution in [-0.2, 0) is 19.6 Å². The van der Waals surface area contributed by atoms with E-state index in [0.717, 1.165) is 38.3 Å². The molecule has 1 N–H and O–H groups in total. The second-order valence-electron chi connectivity index (χ2n) is 4.35. The topological polar surface area (TPSA) is 60.6 Å². The zero-order valence-electron chi connectivity index (χ0n) is 11.0. The van der Waals surface area contributed by atoms with E-state index in [-0.39, 0.29) is 0 Å². The molecule has 0 aliphatic rings. The SMILES string of the molecule is CCCNCc1cn(CCn2nccc2C)nn1. The Morgan fingerprint density at radius 1 is 1.33 bits per heavy atom. The molecule has 0 radical (unpaired) electrons.